The van der Waals surface area contributed by atoms with Gasteiger partial charge in [0.1, 0.15) is 17.7 Å². The molecule has 0 spiro atoms. The summed E-state index contributed by atoms with van der Waals surface area (Å²) in [7, 11) is 0. The van der Waals surface area contributed by atoms with Crippen molar-refractivity contribution < 1.29 is 35.8 Å². The van der Waals surface area contributed by atoms with Crippen LogP contribution in [-0.2, 0) is 5.41 Å². The van der Waals surface area contributed by atoms with E-state index < -0.39 is 36.2 Å². The number of alkyl halides is 5. The zero-order chi connectivity index (χ0) is 24.1. The van der Waals surface area contributed by atoms with Crippen LogP contribution in [0.3, 0.4) is 0 Å². The smallest absolute Gasteiger partial charge is 0.454 e. The maximum Gasteiger partial charge on any atom is 0.573 e. The lowest BCUT2D eigenvalue weighted by atomic mass is 9.79. The van der Waals surface area contributed by atoms with Gasteiger partial charge in [-0.1, -0.05) is 43.3 Å². The van der Waals surface area contributed by atoms with Gasteiger partial charge in [0.25, 0.3) is 0 Å². The first-order chi connectivity index (χ1) is 15.6. The van der Waals surface area contributed by atoms with Gasteiger partial charge in [-0.15, -0.1) is 13.2 Å². The summed E-state index contributed by atoms with van der Waals surface area (Å²) < 4.78 is 89.3. The van der Waals surface area contributed by atoms with Crippen LogP contribution in [0.25, 0.3) is 0 Å². The van der Waals surface area contributed by atoms with Crippen molar-refractivity contribution in [2.24, 2.45) is 0 Å². The van der Waals surface area contributed by atoms with Gasteiger partial charge in [-0.2, -0.15) is 0 Å². The van der Waals surface area contributed by atoms with E-state index in [1.165, 1.54) is 24.3 Å². The first kappa shape index (κ1) is 24.5. The lowest BCUT2D eigenvalue weighted by Crippen LogP contribution is -2.25. The average molecular weight is 468 g/mol. The van der Waals surface area contributed by atoms with Gasteiger partial charge in [0.15, 0.2) is 11.6 Å². The molecule has 0 heterocycles. The molecule has 0 aliphatic carbocycles. The second-order valence-electron chi connectivity index (χ2n) is 7.88. The van der Waals surface area contributed by atoms with Crippen molar-refractivity contribution >= 4 is 0 Å². The van der Waals surface area contributed by atoms with Crippen molar-refractivity contribution in [1.82, 2.24) is 0 Å². The van der Waals surface area contributed by atoms with E-state index in [2.05, 4.69) is 4.74 Å². The van der Waals surface area contributed by atoms with Crippen LogP contribution in [0.1, 0.15) is 37.1 Å². The van der Waals surface area contributed by atoms with Crippen molar-refractivity contribution in [2.75, 3.05) is 6.67 Å². The second kappa shape index (κ2) is 10.2. The Morgan fingerprint density at radius 1 is 0.879 bits per heavy atom. The first-order valence-electron chi connectivity index (χ1n) is 10.2. The summed E-state index contributed by atoms with van der Waals surface area (Å²) in [6.07, 6.45) is -6.37. The highest BCUT2D eigenvalue weighted by Crippen LogP contribution is 2.37. The van der Waals surface area contributed by atoms with Gasteiger partial charge in [0, 0.05) is 5.41 Å². The summed E-state index contributed by atoms with van der Waals surface area (Å²) in [6, 6.07) is 17.0. The molecular weight excluding hydrogens is 446 g/mol. The zero-order valence-corrected chi connectivity index (χ0v) is 17.7. The van der Waals surface area contributed by atoms with Crippen molar-refractivity contribution in [1.29, 1.82) is 0 Å². The van der Waals surface area contributed by atoms with Crippen LogP contribution in [-0.4, -0.2) is 13.0 Å². The lowest BCUT2D eigenvalue weighted by Gasteiger charge is -2.28. The monoisotopic (exact) mass is 468 g/mol. The van der Waals surface area contributed by atoms with Crippen LogP contribution in [0, 0.1) is 5.82 Å². The van der Waals surface area contributed by atoms with Gasteiger partial charge in [-0.3, -0.25) is 4.39 Å². The zero-order valence-electron chi connectivity index (χ0n) is 17.7. The molecule has 0 aliphatic rings. The molecule has 3 aromatic carbocycles. The Balaban J connectivity index is 1.69. The Bertz CT molecular complexity index is 1040. The van der Waals surface area contributed by atoms with Crippen molar-refractivity contribution in [3.05, 3.63) is 89.7 Å². The van der Waals surface area contributed by atoms with Crippen LogP contribution in [0.4, 0.5) is 26.3 Å². The minimum absolute atomic E-state index is 0.0659. The quantitative estimate of drug-likeness (QED) is 0.295. The highest BCUT2D eigenvalue weighted by molar-refractivity contribution is 5.36. The molecular formula is C25H22F6O2. The predicted octanol–water partition coefficient (Wildman–Crippen LogP) is 8.23. The number of hydrogen-bond acceptors (Lipinski definition) is 2. The Kier molecular flexibility index (Phi) is 7.56. The first-order valence-corrected chi connectivity index (χ1v) is 10.2. The van der Waals surface area contributed by atoms with Crippen LogP contribution < -0.4 is 9.47 Å². The van der Waals surface area contributed by atoms with Crippen molar-refractivity contribution in [3.63, 3.8) is 0 Å². The third kappa shape index (κ3) is 6.66. The number of ether oxygens (including phenoxy) is 2. The van der Waals surface area contributed by atoms with Gasteiger partial charge < -0.3 is 9.47 Å². The number of halogens is 6. The largest absolute Gasteiger partial charge is 0.573 e. The maximum atomic E-state index is 15.0. The lowest BCUT2D eigenvalue weighted by molar-refractivity contribution is -0.274. The molecule has 0 amide bonds. The summed E-state index contributed by atoms with van der Waals surface area (Å²) in [4.78, 5) is 0. The molecule has 2 nitrogen and oxygen atoms in total. The van der Waals surface area contributed by atoms with Crippen LogP contribution in [0.5, 0.6) is 17.2 Å². The average Bonchev–Trinajstić information content (AvgIpc) is 2.79. The fourth-order valence-corrected chi connectivity index (χ4v) is 3.37. The van der Waals surface area contributed by atoms with Crippen LogP contribution in [0.15, 0.2) is 72.8 Å². The van der Waals surface area contributed by atoms with E-state index in [1.807, 2.05) is 0 Å². The summed E-state index contributed by atoms with van der Waals surface area (Å²) in [5.74, 6) is -0.806. The van der Waals surface area contributed by atoms with Crippen molar-refractivity contribution in [3.8, 4) is 17.2 Å². The molecule has 0 aromatic heterocycles. The van der Waals surface area contributed by atoms with E-state index in [9.17, 15) is 26.3 Å². The molecule has 176 valence electrons. The van der Waals surface area contributed by atoms with Crippen LogP contribution in [0.2, 0.25) is 0 Å². The number of para-hydroxylation sites is 1. The summed E-state index contributed by atoms with van der Waals surface area (Å²) >= 11 is 0. The van der Waals surface area contributed by atoms with E-state index in [-0.39, 0.29) is 24.2 Å². The molecule has 2 atom stereocenters. The standard InChI is InChI=1S/C25H22F6O2/c1-24(16-26,18-8-10-20(11-9-18)33-25(29,30)31)14-13-21(27)17-7-12-22(28)23(15-17)32-19-5-3-2-4-6-19/h2-12,15,21H,13-14,16H2,1H3. The highest BCUT2D eigenvalue weighted by atomic mass is 19.4. The summed E-state index contributed by atoms with van der Waals surface area (Å²) in [5.41, 5.74) is -0.527. The Labute approximate surface area is 187 Å². The number of hydrogen-bond donors (Lipinski definition) is 0. The molecule has 3 aromatic rings. The van der Waals surface area contributed by atoms with Gasteiger partial charge in [-0.25, -0.2) is 8.78 Å². The molecule has 0 radical (unpaired) electrons. The Morgan fingerprint density at radius 2 is 1.55 bits per heavy atom. The molecule has 0 bridgehead atoms. The van der Waals surface area contributed by atoms with Gasteiger partial charge in [0.05, 0.1) is 6.67 Å². The molecule has 0 fully saturated rings. The SMILES string of the molecule is CC(CF)(CCC(F)c1ccc(F)c(Oc2ccccc2)c1)c1ccc(OC(F)(F)F)cc1. The fourth-order valence-electron chi connectivity index (χ4n) is 3.37. The molecule has 2 unspecified atom stereocenters. The van der Waals surface area contributed by atoms with Gasteiger partial charge >= 0.3 is 6.36 Å². The molecule has 0 saturated heterocycles. The normalized spacial score (nSPS) is 14.4. The Hall–Kier alpha value is -3.16. The molecule has 0 saturated carbocycles. The van der Waals surface area contributed by atoms with E-state index >= 15 is 0 Å². The minimum Gasteiger partial charge on any atom is -0.454 e. The topological polar surface area (TPSA) is 18.5 Å². The van der Waals surface area contributed by atoms with E-state index in [1.54, 1.807) is 37.3 Å². The molecule has 33 heavy (non-hydrogen) atoms. The van der Waals surface area contributed by atoms with Gasteiger partial charge in [-0.05, 0) is 60.4 Å². The molecule has 3 rings (SSSR count). The van der Waals surface area contributed by atoms with E-state index in [4.69, 9.17) is 4.74 Å². The Morgan fingerprint density at radius 3 is 2.15 bits per heavy atom. The highest BCUT2D eigenvalue weighted by Gasteiger charge is 2.32. The fraction of sp³-hybridized carbons (Fsp3) is 0.280. The molecule has 0 aliphatic heterocycles. The summed E-state index contributed by atoms with van der Waals surface area (Å²) in [6.45, 7) is 0.721. The predicted molar refractivity (Wildman–Crippen MR) is 112 cm³/mol. The van der Waals surface area contributed by atoms with Crippen molar-refractivity contribution in [2.45, 2.75) is 37.7 Å². The number of rotatable bonds is 9. The van der Waals surface area contributed by atoms with E-state index in [0.29, 0.717) is 11.3 Å². The molecule has 8 heteroatoms. The van der Waals surface area contributed by atoms with E-state index in [0.717, 1.165) is 18.2 Å². The third-order valence-electron chi connectivity index (χ3n) is 5.32. The van der Waals surface area contributed by atoms with Crippen LogP contribution >= 0.6 is 0 Å². The third-order valence-corrected chi connectivity index (χ3v) is 5.32. The number of benzene rings is 3. The molecule has 0 N–H and O–H groups in total. The summed E-state index contributed by atoms with van der Waals surface area (Å²) in [5, 5.41) is 0. The second-order valence-corrected chi connectivity index (χ2v) is 7.88. The minimum atomic E-state index is -4.83. The maximum absolute atomic E-state index is 15.0. The van der Waals surface area contributed by atoms with Gasteiger partial charge in [0.2, 0.25) is 0 Å².